The van der Waals surface area contributed by atoms with Crippen molar-refractivity contribution in [2.45, 2.75) is 24.9 Å². The molecule has 0 aromatic carbocycles. The van der Waals surface area contributed by atoms with E-state index in [0.717, 1.165) is 0 Å². The Hall–Kier alpha value is 2.58. The molecule has 7 heavy (non-hydrogen) atoms. The summed E-state index contributed by atoms with van der Waals surface area (Å²) < 4.78 is 0. The van der Waals surface area contributed by atoms with E-state index in [1.165, 1.54) is 17.9 Å². The van der Waals surface area contributed by atoms with E-state index in [4.69, 9.17) is 0 Å². The molecule has 0 saturated heterocycles. The molecule has 0 atom stereocenters. The Morgan fingerprint density at radius 3 is 1.86 bits per heavy atom. The molecule has 34 valence electrons. The number of hydrogen-bond donors (Lipinski definition) is 0. The molecule has 0 aliphatic rings. The standard InChI is InChI=1S/C4H9.Cs.FH.Li/c1-3-4-2;;;/h1,3-4H2,2H3;;1H;/q;+1;;/p-1. The first kappa shape index (κ1) is 16.3. The molecule has 3 heteroatoms. The third-order valence-electron chi connectivity index (χ3n) is 0.707. The molecule has 0 aliphatic carbocycles. The van der Waals surface area contributed by atoms with Crippen LogP contribution in [0.15, 0.2) is 0 Å². The summed E-state index contributed by atoms with van der Waals surface area (Å²) in [4.78, 5) is 0. The number of hydrogen-bond acceptors (Lipinski definition) is 0. The normalized spacial score (nSPS) is 6.14. The van der Waals surface area contributed by atoms with Crippen molar-refractivity contribution in [1.82, 2.24) is 0 Å². The van der Waals surface area contributed by atoms with Crippen LogP contribution in [0.3, 0.4) is 0 Å². The first-order valence-corrected chi connectivity index (χ1v) is 2.41. The van der Waals surface area contributed by atoms with Crippen LogP contribution in [0.1, 0.15) is 19.8 Å². The Kier molecular flexibility index (Phi) is 36.8. The Morgan fingerprint density at radius 2 is 1.86 bits per heavy atom. The van der Waals surface area contributed by atoms with Gasteiger partial charge in [-0.05, 0) is 0 Å². The summed E-state index contributed by atoms with van der Waals surface area (Å²) in [5, 5.41) is 1.34. The van der Waals surface area contributed by atoms with E-state index in [-0.39, 0.29) is 73.6 Å². The van der Waals surface area contributed by atoms with Gasteiger partial charge in [-0.3, -0.25) is 0 Å². The van der Waals surface area contributed by atoms with Crippen molar-refractivity contribution in [2.24, 2.45) is 0 Å². The Balaban J connectivity index is -0.0000000800. The van der Waals surface area contributed by atoms with Crippen LogP contribution in [0.2, 0.25) is 5.09 Å². The first-order chi connectivity index (χ1) is 2.41. The van der Waals surface area contributed by atoms with Gasteiger partial charge in [-0.15, -0.1) is 0 Å². The van der Waals surface area contributed by atoms with Crippen molar-refractivity contribution in [3.63, 3.8) is 0 Å². The molecule has 0 spiro atoms. The SMILES string of the molecule is [Cs+].[F-].[Li][CH2]CCC. The Bertz CT molecular complexity index is 19.2. The predicted octanol–water partition coefficient (Wildman–Crippen LogP) is -4.62. The fourth-order valence-electron chi connectivity index (χ4n) is 0.354. The van der Waals surface area contributed by atoms with Gasteiger partial charge in [0.1, 0.15) is 0 Å². The van der Waals surface area contributed by atoms with Gasteiger partial charge in [0, 0.05) is 0 Å². The summed E-state index contributed by atoms with van der Waals surface area (Å²) in [5.41, 5.74) is 0. The van der Waals surface area contributed by atoms with Crippen molar-refractivity contribution >= 4 is 17.7 Å². The number of rotatable bonds is 2. The van der Waals surface area contributed by atoms with Crippen molar-refractivity contribution in [3.05, 3.63) is 0 Å². The number of halogens is 1. The summed E-state index contributed by atoms with van der Waals surface area (Å²) >= 11 is 2.21. The second-order valence-corrected chi connectivity index (χ2v) is 1.35. The zero-order valence-corrected chi connectivity index (χ0v) is 11.8. The zero-order valence-electron chi connectivity index (χ0n) is 5.50. The van der Waals surface area contributed by atoms with Gasteiger partial charge >= 0.3 is 111 Å². The topological polar surface area (TPSA) is 0 Å². The van der Waals surface area contributed by atoms with Crippen LogP contribution in [0.4, 0.5) is 0 Å². The summed E-state index contributed by atoms with van der Waals surface area (Å²) in [6, 6.07) is 0. The van der Waals surface area contributed by atoms with E-state index < -0.39 is 0 Å². The van der Waals surface area contributed by atoms with Crippen molar-refractivity contribution < 1.29 is 73.6 Å². The molecular weight excluding hydrogens is 207 g/mol. The average Bonchev–Trinajstić information content (AvgIpc) is 1.41. The Labute approximate surface area is 113 Å². The maximum absolute atomic E-state index is 2.21. The molecule has 0 saturated carbocycles. The fourth-order valence-corrected chi connectivity index (χ4v) is 0.354. The van der Waals surface area contributed by atoms with Crippen molar-refractivity contribution in [3.8, 4) is 0 Å². The monoisotopic (exact) mass is 216 g/mol. The van der Waals surface area contributed by atoms with Crippen LogP contribution in [-0.2, 0) is 0 Å². The molecule has 0 nitrogen and oxygen atoms in total. The average molecular weight is 216 g/mol. The van der Waals surface area contributed by atoms with Crippen molar-refractivity contribution in [2.75, 3.05) is 0 Å². The molecule has 0 rings (SSSR count). The van der Waals surface area contributed by atoms with Crippen LogP contribution in [0.5, 0.6) is 0 Å². The molecule has 0 fully saturated rings. The molecule has 0 bridgehead atoms. The van der Waals surface area contributed by atoms with E-state index >= 15 is 0 Å². The first-order valence-electron chi connectivity index (χ1n) is 2.41. The second kappa shape index (κ2) is 15.8. The minimum atomic E-state index is 0. The molecule has 0 aromatic rings. The minimum absolute atomic E-state index is 0. The molecule has 0 heterocycles. The van der Waals surface area contributed by atoms with Gasteiger partial charge in [0.05, 0.1) is 0 Å². The van der Waals surface area contributed by atoms with E-state index in [1.54, 1.807) is 0 Å². The predicted molar refractivity (Wildman–Crippen MR) is 25.5 cm³/mol. The van der Waals surface area contributed by atoms with Crippen LogP contribution in [0.25, 0.3) is 0 Å². The van der Waals surface area contributed by atoms with Gasteiger partial charge in [-0.2, -0.15) is 0 Å². The summed E-state index contributed by atoms with van der Waals surface area (Å²) in [5.74, 6) is 0. The Morgan fingerprint density at radius 1 is 1.43 bits per heavy atom. The summed E-state index contributed by atoms with van der Waals surface area (Å²) in [6.07, 6.45) is 2.73. The molecule has 0 N–H and O–H groups in total. The van der Waals surface area contributed by atoms with Gasteiger partial charge < -0.3 is 4.70 Å². The van der Waals surface area contributed by atoms with E-state index in [0.29, 0.717) is 0 Å². The molecule has 0 amide bonds. The number of unbranched alkanes of at least 4 members (excludes halogenated alkanes) is 1. The van der Waals surface area contributed by atoms with E-state index in [2.05, 4.69) is 24.6 Å². The second-order valence-electron chi connectivity index (χ2n) is 1.35. The molecule has 0 aromatic heterocycles. The van der Waals surface area contributed by atoms with Crippen LogP contribution >= 0.6 is 0 Å². The van der Waals surface area contributed by atoms with Crippen molar-refractivity contribution in [1.29, 1.82) is 0 Å². The quantitative estimate of drug-likeness (QED) is 0.407. The van der Waals surface area contributed by atoms with Gasteiger partial charge in [-0.1, -0.05) is 0 Å². The molecular formula is C4H9CsFLi. The van der Waals surface area contributed by atoms with Gasteiger partial charge in [0.25, 0.3) is 0 Å². The summed E-state index contributed by atoms with van der Waals surface area (Å²) in [7, 11) is 0. The third-order valence-corrected chi connectivity index (χ3v) is 0.707. The fraction of sp³-hybridized carbons (Fsp3) is 1.00. The van der Waals surface area contributed by atoms with Crippen LogP contribution in [0, 0.1) is 0 Å². The van der Waals surface area contributed by atoms with Gasteiger partial charge in [0.15, 0.2) is 0 Å². The van der Waals surface area contributed by atoms with Crippen LogP contribution in [-0.4, -0.2) is 17.7 Å². The molecule has 0 aliphatic heterocycles. The van der Waals surface area contributed by atoms with E-state index in [9.17, 15) is 0 Å². The summed E-state index contributed by atoms with van der Waals surface area (Å²) in [6.45, 7) is 2.21. The van der Waals surface area contributed by atoms with E-state index in [1.807, 2.05) is 0 Å². The molecule has 0 unspecified atom stereocenters. The third kappa shape index (κ3) is 17.7. The van der Waals surface area contributed by atoms with Gasteiger partial charge in [0.2, 0.25) is 0 Å². The molecule has 0 radical (unpaired) electrons. The van der Waals surface area contributed by atoms with Gasteiger partial charge in [-0.25, -0.2) is 0 Å². The zero-order chi connectivity index (χ0) is 4.12. The van der Waals surface area contributed by atoms with Crippen LogP contribution < -0.4 is 73.6 Å². The maximum atomic E-state index is 2.21.